The van der Waals surface area contributed by atoms with Gasteiger partial charge in [-0.3, -0.25) is 37.3 Å². The maximum Gasteiger partial charge on any atom is 0.472 e. The summed E-state index contributed by atoms with van der Waals surface area (Å²) in [7, 11) is -9.89. The Kier molecular flexibility index (Phi) is 55.7. The Bertz CT molecular complexity index is 1710. The van der Waals surface area contributed by atoms with Gasteiger partial charge in [-0.05, 0) is 49.4 Å². The molecule has 510 valence electrons. The van der Waals surface area contributed by atoms with Crippen LogP contribution in [-0.2, 0) is 65.4 Å². The van der Waals surface area contributed by atoms with E-state index in [1.807, 2.05) is 0 Å². The molecule has 0 spiro atoms. The minimum absolute atomic E-state index is 0.101. The zero-order chi connectivity index (χ0) is 63.9. The van der Waals surface area contributed by atoms with E-state index >= 15 is 0 Å². The van der Waals surface area contributed by atoms with Crippen LogP contribution in [0.2, 0.25) is 0 Å². The fraction of sp³-hybridized carbons (Fsp3) is 0.940. The minimum atomic E-state index is -4.95. The summed E-state index contributed by atoms with van der Waals surface area (Å²) in [5.74, 6) is 0.759. The van der Waals surface area contributed by atoms with Gasteiger partial charge in [-0.1, -0.05) is 274 Å². The van der Waals surface area contributed by atoms with Crippen LogP contribution in [0, 0.1) is 23.7 Å². The Morgan fingerprint density at radius 2 is 0.488 bits per heavy atom. The molecule has 0 saturated heterocycles. The topological polar surface area (TPSA) is 237 Å². The standard InChI is InChI=1S/C67H130O17P2/c1-57(2)43-35-27-19-14-10-9-11-16-22-31-39-47-64(69)77-54-63(84-67(72)50-42-34-26-25-30-38-46-60(7)8)56-82-86(75,76)80-52-61(68)51-79-85(73,74)81-55-62(53-78-65(70)48-40-32-24-18-21-29-37-45-59(5)6)83-66(71)49-41-33-23-17-13-12-15-20-28-36-44-58(3)4/h57-63,68H,9-56H2,1-8H3,(H,73,74)(H,75,76)/t61?,62-,63-/m1/s1. The molecule has 3 unspecified atom stereocenters. The summed E-state index contributed by atoms with van der Waals surface area (Å²) in [6, 6.07) is 0. The van der Waals surface area contributed by atoms with Gasteiger partial charge in [0.25, 0.3) is 0 Å². The van der Waals surface area contributed by atoms with Gasteiger partial charge in [0.2, 0.25) is 0 Å². The molecular weight excluding hydrogens is 1140 g/mol. The van der Waals surface area contributed by atoms with Crippen LogP contribution in [0.4, 0.5) is 0 Å². The predicted octanol–water partition coefficient (Wildman–Crippen LogP) is 18.5. The molecule has 0 aliphatic rings. The fourth-order valence-corrected chi connectivity index (χ4v) is 11.5. The minimum Gasteiger partial charge on any atom is -0.462 e. The molecule has 0 fully saturated rings. The van der Waals surface area contributed by atoms with Crippen molar-refractivity contribution in [3.05, 3.63) is 0 Å². The van der Waals surface area contributed by atoms with Crippen LogP contribution in [0.1, 0.15) is 325 Å². The molecule has 5 atom stereocenters. The lowest BCUT2D eigenvalue weighted by Crippen LogP contribution is -2.30. The van der Waals surface area contributed by atoms with E-state index in [0.717, 1.165) is 108 Å². The maximum atomic E-state index is 13.0. The quantitative estimate of drug-likeness (QED) is 0.0222. The van der Waals surface area contributed by atoms with Crippen molar-refractivity contribution < 1.29 is 80.2 Å². The molecule has 0 aromatic rings. The molecule has 0 bridgehead atoms. The van der Waals surface area contributed by atoms with Crippen LogP contribution < -0.4 is 0 Å². The molecule has 0 aliphatic heterocycles. The third-order valence-corrected chi connectivity index (χ3v) is 17.2. The molecule has 0 aromatic heterocycles. The van der Waals surface area contributed by atoms with Crippen molar-refractivity contribution in [2.45, 2.75) is 343 Å². The molecule has 0 rings (SSSR count). The first kappa shape index (κ1) is 84.1. The Morgan fingerprint density at radius 3 is 0.721 bits per heavy atom. The number of phosphoric acid groups is 2. The van der Waals surface area contributed by atoms with Crippen LogP contribution in [0.25, 0.3) is 0 Å². The Morgan fingerprint density at radius 1 is 0.291 bits per heavy atom. The Labute approximate surface area is 524 Å². The largest absolute Gasteiger partial charge is 0.472 e. The van der Waals surface area contributed by atoms with E-state index in [-0.39, 0.29) is 25.7 Å². The number of phosphoric ester groups is 2. The molecule has 0 aliphatic carbocycles. The third-order valence-electron chi connectivity index (χ3n) is 15.3. The zero-order valence-electron chi connectivity index (χ0n) is 55.9. The predicted molar refractivity (Wildman–Crippen MR) is 344 cm³/mol. The second kappa shape index (κ2) is 57.0. The van der Waals surface area contributed by atoms with Gasteiger partial charge in [-0.25, -0.2) is 9.13 Å². The van der Waals surface area contributed by atoms with Crippen molar-refractivity contribution in [3.8, 4) is 0 Å². The number of unbranched alkanes of at least 4 members (excludes halogenated alkanes) is 30. The number of hydrogen-bond donors (Lipinski definition) is 3. The highest BCUT2D eigenvalue weighted by Gasteiger charge is 2.30. The number of hydrogen-bond acceptors (Lipinski definition) is 15. The molecule has 19 heteroatoms. The molecule has 0 heterocycles. The van der Waals surface area contributed by atoms with Crippen molar-refractivity contribution in [2.24, 2.45) is 23.7 Å². The van der Waals surface area contributed by atoms with Crippen LogP contribution in [0.5, 0.6) is 0 Å². The van der Waals surface area contributed by atoms with Crippen molar-refractivity contribution in [1.29, 1.82) is 0 Å². The van der Waals surface area contributed by atoms with E-state index < -0.39 is 97.5 Å². The van der Waals surface area contributed by atoms with Crippen molar-refractivity contribution in [2.75, 3.05) is 39.6 Å². The molecule has 0 saturated carbocycles. The lowest BCUT2D eigenvalue weighted by atomic mass is 10.0. The fourth-order valence-electron chi connectivity index (χ4n) is 9.96. The van der Waals surface area contributed by atoms with E-state index in [2.05, 4.69) is 55.4 Å². The summed E-state index contributed by atoms with van der Waals surface area (Å²) in [5, 5.41) is 10.6. The first-order chi connectivity index (χ1) is 41.1. The van der Waals surface area contributed by atoms with E-state index in [4.69, 9.17) is 37.0 Å². The summed E-state index contributed by atoms with van der Waals surface area (Å²) < 4.78 is 68.1. The maximum absolute atomic E-state index is 13.0. The Balaban J connectivity index is 5.22. The van der Waals surface area contributed by atoms with Gasteiger partial charge in [0.05, 0.1) is 26.4 Å². The molecule has 86 heavy (non-hydrogen) atoms. The van der Waals surface area contributed by atoms with Crippen molar-refractivity contribution in [1.82, 2.24) is 0 Å². The highest BCUT2D eigenvalue weighted by Crippen LogP contribution is 2.45. The molecule has 0 amide bonds. The number of ether oxygens (including phenoxy) is 4. The van der Waals surface area contributed by atoms with Gasteiger partial charge in [-0.15, -0.1) is 0 Å². The van der Waals surface area contributed by atoms with Gasteiger partial charge < -0.3 is 33.8 Å². The third kappa shape index (κ3) is 60.9. The summed E-state index contributed by atoms with van der Waals surface area (Å²) in [6.45, 7) is 14.0. The first-order valence-electron chi connectivity index (χ1n) is 34.7. The first-order valence-corrected chi connectivity index (χ1v) is 37.7. The average Bonchev–Trinajstić information content (AvgIpc) is 3.66. The summed E-state index contributed by atoms with van der Waals surface area (Å²) >= 11 is 0. The van der Waals surface area contributed by atoms with E-state index in [1.54, 1.807) is 0 Å². The number of rotatable bonds is 64. The van der Waals surface area contributed by atoms with Gasteiger partial charge in [0.1, 0.15) is 19.3 Å². The molecule has 17 nitrogen and oxygen atoms in total. The average molecular weight is 1270 g/mol. The number of aliphatic hydroxyl groups is 1. The Hall–Kier alpha value is -1.94. The summed E-state index contributed by atoms with van der Waals surface area (Å²) in [5.41, 5.74) is 0. The number of aliphatic hydroxyl groups excluding tert-OH is 1. The number of esters is 4. The van der Waals surface area contributed by atoms with Crippen LogP contribution in [0.15, 0.2) is 0 Å². The summed E-state index contributed by atoms with van der Waals surface area (Å²) in [4.78, 5) is 72.3. The smallest absolute Gasteiger partial charge is 0.462 e. The van der Waals surface area contributed by atoms with Gasteiger partial charge in [0, 0.05) is 25.7 Å². The monoisotopic (exact) mass is 1270 g/mol. The number of carbonyl (C=O) groups is 4. The zero-order valence-corrected chi connectivity index (χ0v) is 57.7. The van der Waals surface area contributed by atoms with Crippen LogP contribution >= 0.6 is 15.6 Å². The second-order valence-electron chi connectivity index (χ2n) is 26.1. The van der Waals surface area contributed by atoms with Crippen LogP contribution in [0.3, 0.4) is 0 Å². The van der Waals surface area contributed by atoms with Gasteiger partial charge in [-0.2, -0.15) is 0 Å². The molecular formula is C67H130O17P2. The lowest BCUT2D eigenvalue weighted by molar-refractivity contribution is -0.161. The van der Waals surface area contributed by atoms with E-state index in [9.17, 15) is 43.2 Å². The highest BCUT2D eigenvalue weighted by atomic mass is 31.2. The normalized spacial score (nSPS) is 14.4. The lowest BCUT2D eigenvalue weighted by Gasteiger charge is -2.21. The second-order valence-corrected chi connectivity index (χ2v) is 29.0. The SMILES string of the molecule is CC(C)CCCCCCCCCCCCCC(=O)OC[C@H](COP(=O)(O)OCC(O)COP(=O)(O)OC[C@@H](COC(=O)CCCCCCCCCC(C)C)OC(=O)CCCCCCCCCCCCC(C)C)OC(=O)CCCCCCCCC(C)C. The van der Waals surface area contributed by atoms with Crippen molar-refractivity contribution in [3.63, 3.8) is 0 Å². The van der Waals surface area contributed by atoms with Gasteiger partial charge in [0.15, 0.2) is 12.2 Å². The van der Waals surface area contributed by atoms with Crippen molar-refractivity contribution >= 4 is 39.5 Å². The molecule has 0 radical (unpaired) electrons. The summed E-state index contributed by atoms with van der Waals surface area (Å²) in [6.07, 6.45) is 37.8. The van der Waals surface area contributed by atoms with Gasteiger partial charge >= 0.3 is 39.5 Å². The van der Waals surface area contributed by atoms with E-state index in [0.29, 0.717) is 37.5 Å². The molecule has 3 N–H and O–H groups in total. The van der Waals surface area contributed by atoms with Crippen LogP contribution in [-0.4, -0.2) is 96.7 Å². The van der Waals surface area contributed by atoms with E-state index in [1.165, 1.54) is 122 Å². The highest BCUT2D eigenvalue weighted by molar-refractivity contribution is 7.47. The number of carbonyl (C=O) groups excluding carboxylic acids is 4. The molecule has 0 aromatic carbocycles.